The second kappa shape index (κ2) is 7.39. The van der Waals surface area contributed by atoms with Gasteiger partial charge in [0.05, 0.1) is 0 Å². The van der Waals surface area contributed by atoms with E-state index in [0.29, 0.717) is 12.0 Å². The molecule has 0 aliphatic rings. The molecule has 3 heteroatoms. The van der Waals surface area contributed by atoms with E-state index in [1.807, 2.05) is 6.07 Å². The molecule has 0 amide bonds. The van der Waals surface area contributed by atoms with Gasteiger partial charge < -0.3 is 15.5 Å². The Morgan fingerprint density at radius 3 is 2.47 bits per heavy atom. The number of unbranched alkanes of at least 4 members (excludes halogenated alkanes) is 2. The quantitative estimate of drug-likeness (QED) is 0.495. The number of rotatable bonds is 8. The van der Waals surface area contributed by atoms with Gasteiger partial charge in [-0.05, 0) is 29.5 Å². The average Bonchev–Trinajstić information content (AvgIpc) is 2.34. The molecule has 0 aromatic heterocycles. The van der Waals surface area contributed by atoms with Crippen molar-refractivity contribution in [1.82, 2.24) is 5.32 Å². The summed E-state index contributed by atoms with van der Waals surface area (Å²) >= 11 is 0. The molecular formula is C16H27NO2. The molecule has 0 unspecified atom stereocenters. The minimum Gasteiger partial charge on any atom is -0.504 e. The van der Waals surface area contributed by atoms with Crippen molar-refractivity contribution in [2.24, 2.45) is 5.41 Å². The Balaban J connectivity index is 2.34. The summed E-state index contributed by atoms with van der Waals surface area (Å²) in [5.41, 5.74) is 1.29. The van der Waals surface area contributed by atoms with Crippen LogP contribution in [-0.2, 0) is 6.54 Å². The van der Waals surface area contributed by atoms with E-state index in [4.69, 9.17) is 0 Å². The highest BCUT2D eigenvalue weighted by molar-refractivity contribution is 5.40. The highest BCUT2D eigenvalue weighted by atomic mass is 16.3. The molecule has 0 aliphatic carbocycles. The second-order valence-corrected chi connectivity index (χ2v) is 6.05. The fourth-order valence-electron chi connectivity index (χ4n) is 2.17. The van der Waals surface area contributed by atoms with Gasteiger partial charge in [-0.15, -0.1) is 0 Å². The van der Waals surface area contributed by atoms with Gasteiger partial charge in [0.1, 0.15) is 0 Å². The molecule has 19 heavy (non-hydrogen) atoms. The number of benzene rings is 1. The number of phenolic OH excluding ortho intramolecular Hbond substituents is 2. The summed E-state index contributed by atoms with van der Waals surface area (Å²) in [5, 5.41) is 22.1. The smallest absolute Gasteiger partial charge is 0.157 e. The van der Waals surface area contributed by atoms with E-state index in [2.05, 4.69) is 26.1 Å². The van der Waals surface area contributed by atoms with Crippen molar-refractivity contribution in [3.8, 4) is 11.5 Å². The Morgan fingerprint density at radius 2 is 1.84 bits per heavy atom. The maximum absolute atomic E-state index is 9.42. The molecule has 0 fully saturated rings. The van der Waals surface area contributed by atoms with Crippen molar-refractivity contribution in [2.75, 3.05) is 6.54 Å². The Kier molecular flexibility index (Phi) is 6.16. The molecule has 1 rings (SSSR count). The molecule has 0 heterocycles. The molecule has 0 aliphatic heterocycles. The second-order valence-electron chi connectivity index (χ2n) is 6.05. The average molecular weight is 265 g/mol. The van der Waals surface area contributed by atoms with Gasteiger partial charge in [-0.2, -0.15) is 0 Å². The predicted molar refractivity (Wildman–Crippen MR) is 79.4 cm³/mol. The maximum atomic E-state index is 9.42. The van der Waals surface area contributed by atoms with Crippen LogP contribution in [0.3, 0.4) is 0 Å². The van der Waals surface area contributed by atoms with Crippen LogP contribution in [0, 0.1) is 5.41 Å². The number of hydrogen-bond donors (Lipinski definition) is 3. The third-order valence-corrected chi connectivity index (χ3v) is 3.43. The summed E-state index contributed by atoms with van der Waals surface area (Å²) in [6.45, 7) is 8.46. The highest BCUT2D eigenvalue weighted by Crippen LogP contribution is 2.25. The van der Waals surface area contributed by atoms with E-state index < -0.39 is 0 Å². The lowest BCUT2D eigenvalue weighted by Crippen LogP contribution is -2.29. The molecule has 108 valence electrons. The first kappa shape index (κ1) is 15.8. The number of phenols is 2. The summed E-state index contributed by atoms with van der Waals surface area (Å²) in [6, 6.07) is 4.96. The van der Waals surface area contributed by atoms with E-state index in [1.54, 1.807) is 6.07 Å². The topological polar surface area (TPSA) is 52.5 Å². The summed E-state index contributed by atoms with van der Waals surface area (Å²) < 4.78 is 0. The zero-order chi connectivity index (χ0) is 14.3. The molecule has 0 saturated carbocycles. The zero-order valence-electron chi connectivity index (χ0n) is 12.4. The van der Waals surface area contributed by atoms with Crippen LogP contribution in [0.25, 0.3) is 0 Å². The molecule has 0 atom stereocenters. The molecule has 3 nitrogen and oxygen atoms in total. The molecule has 1 aromatic carbocycles. The van der Waals surface area contributed by atoms with Crippen LogP contribution in [0.5, 0.6) is 11.5 Å². The largest absolute Gasteiger partial charge is 0.504 e. The van der Waals surface area contributed by atoms with Gasteiger partial charge in [-0.1, -0.05) is 46.1 Å². The summed E-state index contributed by atoms with van der Waals surface area (Å²) in [5.74, 6) is -0.120. The SMILES string of the molecule is CCCCCC(C)(C)CNCc1ccc(O)c(O)c1. The summed E-state index contributed by atoms with van der Waals surface area (Å²) in [7, 11) is 0. The van der Waals surface area contributed by atoms with Crippen LogP contribution in [-0.4, -0.2) is 16.8 Å². The number of aromatic hydroxyl groups is 2. The lowest BCUT2D eigenvalue weighted by molar-refractivity contribution is 0.302. The highest BCUT2D eigenvalue weighted by Gasteiger charge is 2.16. The number of nitrogens with one attached hydrogen (secondary N) is 1. The van der Waals surface area contributed by atoms with Crippen LogP contribution >= 0.6 is 0 Å². The normalized spacial score (nSPS) is 11.7. The molecule has 1 aromatic rings. The van der Waals surface area contributed by atoms with E-state index in [-0.39, 0.29) is 11.5 Å². The minimum absolute atomic E-state index is 0.0542. The third-order valence-electron chi connectivity index (χ3n) is 3.43. The van der Waals surface area contributed by atoms with Crippen LogP contribution in [0.1, 0.15) is 52.0 Å². The van der Waals surface area contributed by atoms with E-state index in [1.165, 1.54) is 31.7 Å². The van der Waals surface area contributed by atoms with Crippen LogP contribution in [0.4, 0.5) is 0 Å². The van der Waals surface area contributed by atoms with E-state index in [9.17, 15) is 10.2 Å². The van der Waals surface area contributed by atoms with Crippen molar-refractivity contribution in [3.05, 3.63) is 23.8 Å². The molecule has 3 N–H and O–H groups in total. The fraction of sp³-hybridized carbons (Fsp3) is 0.625. The fourth-order valence-corrected chi connectivity index (χ4v) is 2.17. The van der Waals surface area contributed by atoms with Gasteiger partial charge in [-0.3, -0.25) is 0 Å². The minimum atomic E-state index is -0.0661. The first-order valence-corrected chi connectivity index (χ1v) is 7.16. The number of hydrogen-bond acceptors (Lipinski definition) is 3. The monoisotopic (exact) mass is 265 g/mol. The van der Waals surface area contributed by atoms with Crippen molar-refractivity contribution in [3.63, 3.8) is 0 Å². The van der Waals surface area contributed by atoms with Crippen LogP contribution in [0.15, 0.2) is 18.2 Å². The van der Waals surface area contributed by atoms with Crippen molar-refractivity contribution in [2.45, 2.75) is 53.0 Å². The molecule has 0 spiro atoms. The summed E-state index contributed by atoms with van der Waals surface area (Å²) in [6.07, 6.45) is 5.07. The van der Waals surface area contributed by atoms with Crippen molar-refractivity contribution < 1.29 is 10.2 Å². The Labute approximate surface area is 116 Å². The van der Waals surface area contributed by atoms with Crippen LogP contribution in [0.2, 0.25) is 0 Å². The molecule has 0 saturated heterocycles. The van der Waals surface area contributed by atoms with Gasteiger partial charge in [0, 0.05) is 13.1 Å². The van der Waals surface area contributed by atoms with E-state index in [0.717, 1.165) is 12.1 Å². The maximum Gasteiger partial charge on any atom is 0.157 e. The third kappa shape index (κ3) is 5.97. The Bertz CT molecular complexity index is 388. The van der Waals surface area contributed by atoms with Crippen molar-refractivity contribution in [1.29, 1.82) is 0 Å². The first-order valence-electron chi connectivity index (χ1n) is 7.16. The molecule has 0 bridgehead atoms. The van der Waals surface area contributed by atoms with Gasteiger partial charge in [-0.25, -0.2) is 0 Å². The van der Waals surface area contributed by atoms with E-state index >= 15 is 0 Å². The van der Waals surface area contributed by atoms with Gasteiger partial charge in [0.15, 0.2) is 11.5 Å². The Morgan fingerprint density at radius 1 is 1.11 bits per heavy atom. The molecule has 0 radical (unpaired) electrons. The van der Waals surface area contributed by atoms with Gasteiger partial charge >= 0.3 is 0 Å². The summed E-state index contributed by atoms with van der Waals surface area (Å²) in [4.78, 5) is 0. The molecular weight excluding hydrogens is 238 g/mol. The Hall–Kier alpha value is -1.22. The van der Waals surface area contributed by atoms with Gasteiger partial charge in [0.25, 0.3) is 0 Å². The first-order chi connectivity index (χ1) is 8.94. The lowest BCUT2D eigenvalue weighted by Gasteiger charge is -2.25. The zero-order valence-corrected chi connectivity index (χ0v) is 12.4. The van der Waals surface area contributed by atoms with Crippen molar-refractivity contribution >= 4 is 0 Å². The predicted octanol–water partition coefficient (Wildman–Crippen LogP) is 3.79. The van der Waals surface area contributed by atoms with Crippen LogP contribution < -0.4 is 5.32 Å². The standard InChI is InChI=1S/C16H27NO2/c1-4-5-6-9-16(2,3)12-17-11-13-7-8-14(18)15(19)10-13/h7-8,10,17-19H,4-6,9,11-12H2,1-3H3. The van der Waals surface area contributed by atoms with Gasteiger partial charge in [0.2, 0.25) is 0 Å². The lowest BCUT2D eigenvalue weighted by atomic mass is 9.87.